The van der Waals surface area contributed by atoms with Gasteiger partial charge in [0, 0.05) is 6.42 Å². The van der Waals surface area contributed by atoms with E-state index in [2.05, 4.69) is 15.6 Å². The highest BCUT2D eigenvalue weighted by atomic mass is 19.4. The molecule has 1 aromatic carbocycles. The number of amides is 1. The molecule has 2 aromatic rings. The Kier molecular flexibility index (Phi) is 5.20. The van der Waals surface area contributed by atoms with E-state index < -0.39 is 11.7 Å². The Morgan fingerprint density at radius 2 is 1.91 bits per heavy atom. The van der Waals surface area contributed by atoms with Crippen LogP contribution in [0.5, 0.6) is 0 Å². The van der Waals surface area contributed by atoms with Crippen molar-refractivity contribution in [1.82, 2.24) is 4.98 Å². The summed E-state index contributed by atoms with van der Waals surface area (Å²) in [6.07, 6.45) is -1.96. The van der Waals surface area contributed by atoms with Crippen LogP contribution in [0.1, 0.15) is 25.3 Å². The molecular weight excluding hydrogens is 307 g/mol. The maximum Gasteiger partial charge on any atom is 0.418 e. The summed E-state index contributed by atoms with van der Waals surface area (Å²) >= 11 is 0. The van der Waals surface area contributed by atoms with E-state index in [1.165, 1.54) is 30.5 Å². The lowest BCUT2D eigenvalue weighted by Crippen LogP contribution is -2.12. The van der Waals surface area contributed by atoms with Gasteiger partial charge in [-0.15, -0.1) is 0 Å². The van der Waals surface area contributed by atoms with Crippen LogP contribution in [0.15, 0.2) is 42.6 Å². The number of hydrogen-bond donors (Lipinski definition) is 2. The Morgan fingerprint density at radius 1 is 1.17 bits per heavy atom. The molecule has 0 fully saturated rings. The van der Waals surface area contributed by atoms with Gasteiger partial charge in [0.2, 0.25) is 5.91 Å². The van der Waals surface area contributed by atoms with E-state index in [-0.39, 0.29) is 11.6 Å². The monoisotopic (exact) mass is 323 g/mol. The molecule has 0 saturated heterocycles. The van der Waals surface area contributed by atoms with Crippen LogP contribution in [0.25, 0.3) is 0 Å². The smallest absolute Gasteiger partial charge is 0.354 e. The normalized spacial score (nSPS) is 11.1. The zero-order chi connectivity index (χ0) is 16.9. The minimum absolute atomic E-state index is 0.0513. The number of pyridine rings is 1. The first-order chi connectivity index (χ1) is 10.9. The summed E-state index contributed by atoms with van der Waals surface area (Å²) in [5.41, 5.74) is -0.403. The number of alkyl halides is 3. The molecule has 0 atom stereocenters. The van der Waals surface area contributed by atoms with Gasteiger partial charge >= 0.3 is 6.18 Å². The quantitative estimate of drug-likeness (QED) is 0.846. The fourth-order valence-electron chi connectivity index (χ4n) is 1.97. The Morgan fingerprint density at radius 3 is 2.52 bits per heavy atom. The number of halogens is 3. The zero-order valence-electron chi connectivity index (χ0n) is 12.4. The Hall–Kier alpha value is -2.57. The lowest BCUT2D eigenvalue weighted by atomic mass is 10.1. The summed E-state index contributed by atoms with van der Waals surface area (Å²) in [5.74, 6) is 0.209. The van der Waals surface area contributed by atoms with E-state index in [1.807, 2.05) is 6.92 Å². The number of hydrogen-bond acceptors (Lipinski definition) is 3. The first kappa shape index (κ1) is 16.8. The number of nitrogens with one attached hydrogen (secondary N) is 2. The van der Waals surface area contributed by atoms with Crippen molar-refractivity contribution >= 4 is 23.1 Å². The van der Waals surface area contributed by atoms with E-state index >= 15 is 0 Å². The van der Waals surface area contributed by atoms with Crippen molar-refractivity contribution in [3.05, 3.63) is 48.2 Å². The van der Waals surface area contributed by atoms with Gasteiger partial charge in [0.05, 0.1) is 23.1 Å². The molecule has 0 aliphatic rings. The van der Waals surface area contributed by atoms with Gasteiger partial charge < -0.3 is 10.6 Å². The lowest BCUT2D eigenvalue weighted by Gasteiger charge is -2.14. The molecule has 2 rings (SSSR count). The summed E-state index contributed by atoms with van der Waals surface area (Å²) in [4.78, 5) is 15.5. The van der Waals surface area contributed by atoms with Gasteiger partial charge in [-0.25, -0.2) is 4.98 Å². The van der Waals surface area contributed by atoms with Crippen LogP contribution in [0.4, 0.5) is 30.4 Å². The summed E-state index contributed by atoms with van der Waals surface area (Å²) in [6, 6.07) is 8.30. The second kappa shape index (κ2) is 7.13. The molecule has 0 saturated carbocycles. The molecule has 23 heavy (non-hydrogen) atoms. The van der Waals surface area contributed by atoms with Gasteiger partial charge in [-0.05, 0) is 30.7 Å². The van der Waals surface area contributed by atoms with Crippen molar-refractivity contribution in [2.45, 2.75) is 25.9 Å². The van der Waals surface area contributed by atoms with Gasteiger partial charge in [0.25, 0.3) is 0 Å². The number of rotatable bonds is 5. The number of para-hydroxylation sites is 1. The van der Waals surface area contributed by atoms with Crippen molar-refractivity contribution in [3.8, 4) is 0 Å². The fraction of sp³-hybridized carbons (Fsp3) is 0.250. The van der Waals surface area contributed by atoms with Gasteiger partial charge in [-0.1, -0.05) is 19.1 Å². The van der Waals surface area contributed by atoms with E-state index in [4.69, 9.17) is 0 Å². The number of carbonyl (C=O) groups is 1. The van der Waals surface area contributed by atoms with Gasteiger partial charge in [-0.3, -0.25) is 4.79 Å². The van der Waals surface area contributed by atoms with Crippen LogP contribution in [0, 0.1) is 0 Å². The zero-order valence-corrected chi connectivity index (χ0v) is 12.4. The first-order valence-corrected chi connectivity index (χ1v) is 7.09. The number of aromatic nitrogens is 1. The Labute approximate surface area is 131 Å². The van der Waals surface area contributed by atoms with E-state index in [9.17, 15) is 18.0 Å². The van der Waals surface area contributed by atoms with Crippen molar-refractivity contribution in [1.29, 1.82) is 0 Å². The van der Waals surface area contributed by atoms with Crippen LogP contribution in [0.3, 0.4) is 0 Å². The third kappa shape index (κ3) is 4.70. The lowest BCUT2D eigenvalue weighted by molar-refractivity contribution is -0.136. The largest absolute Gasteiger partial charge is 0.418 e. The highest BCUT2D eigenvalue weighted by molar-refractivity contribution is 5.89. The molecule has 0 unspecified atom stereocenters. The maximum absolute atomic E-state index is 12.9. The van der Waals surface area contributed by atoms with Crippen LogP contribution in [-0.2, 0) is 11.0 Å². The molecule has 1 aromatic heterocycles. The molecule has 2 N–H and O–H groups in total. The standard InChI is InChI=1S/C16H16F3N3O/c1-2-5-15(23)22-14-9-8-11(10-20-14)21-13-7-4-3-6-12(13)16(17,18)19/h3-4,6-10,21H,2,5H2,1H3,(H,20,22,23). The Bertz CT molecular complexity index is 669. The number of carbonyl (C=O) groups excluding carboxylic acids is 1. The maximum atomic E-state index is 12.9. The van der Waals surface area contributed by atoms with Crippen molar-refractivity contribution < 1.29 is 18.0 Å². The summed E-state index contributed by atoms with van der Waals surface area (Å²) in [5, 5.41) is 5.30. The molecule has 0 radical (unpaired) electrons. The first-order valence-electron chi connectivity index (χ1n) is 7.09. The van der Waals surface area contributed by atoms with Crippen LogP contribution >= 0.6 is 0 Å². The molecular formula is C16H16F3N3O. The van der Waals surface area contributed by atoms with Gasteiger partial charge in [0.1, 0.15) is 5.82 Å². The predicted octanol–water partition coefficient (Wildman–Crippen LogP) is 4.58. The van der Waals surface area contributed by atoms with E-state index in [0.29, 0.717) is 17.9 Å². The van der Waals surface area contributed by atoms with Gasteiger partial charge in [0.15, 0.2) is 0 Å². The van der Waals surface area contributed by atoms with Crippen LogP contribution in [-0.4, -0.2) is 10.9 Å². The SMILES string of the molecule is CCCC(=O)Nc1ccc(Nc2ccccc2C(F)(F)F)cn1. The summed E-state index contributed by atoms with van der Waals surface area (Å²) in [7, 11) is 0. The van der Waals surface area contributed by atoms with Crippen LogP contribution < -0.4 is 10.6 Å². The predicted molar refractivity (Wildman–Crippen MR) is 82.5 cm³/mol. The Balaban J connectivity index is 2.12. The molecule has 0 bridgehead atoms. The molecule has 1 amide bonds. The van der Waals surface area contributed by atoms with Crippen molar-refractivity contribution in [2.75, 3.05) is 10.6 Å². The van der Waals surface area contributed by atoms with E-state index in [0.717, 1.165) is 12.5 Å². The third-order valence-electron chi connectivity index (χ3n) is 3.02. The molecule has 0 aliphatic heterocycles. The molecule has 0 spiro atoms. The van der Waals surface area contributed by atoms with E-state index in [1.54, 1.807) is 6.07 Å². The number of anilines is 3. The van der Waals surface area contributed by atoms with Gasteiger partial charge in [-0.2, -0.15) is 13.2 Å². The van der Waals surface area contributed by atoms with Crippen LogP contribution in [0.2, 0.25) is 0 Å². The fourth-order valence-corrected chi connectivity index (χ4v) is 1.97. The average Bonchev–Trinajstić information content (AvgIpc) is 2.49. The minimum Gasteiger partial charge on any atom is -0.354 e. The highest BCUT2D eigenvalue weighted by Crippen LogP contribution is 2.35. The average molecular weight is 323 g/mol. The number of nitrogens with zero attached hydrogens (tertiary/aromatic N) is 1. The minimum atomic E-state index is -4.44. The molecule has 7 heteroatoms. The third-order valence-corrected chi connectivity index (χ3v) is 3.02. The second-order valence-electron chi connectivity index (χ2n) is 4.90. The molecule has 4 nitrogen and oxygen atoms in total. The molecule has 122 valence electrons. The summed E-state index contributed by atoms with van der Waals surface area (Å²) < 4.78 is 38.8. The number of benzene rings is 1. The topological polar surface area (TPSA) is 54.0 Å². The van der Waals surface area contributed by atoms with Crippen molar-refractivity contribution in [2.24, 2.45) is 0 Å². The molecule has 1 heterocycles. The molecule has 0 aliphatic carbocycles. The highest BCUT2D eigenvalue weighted by Gasteiger charge is 2.33. The van der Waals surface area contributed by atoms with Crippen molar-refractivity contribution in [3.63, 3.8) is 0 Å². The second-order valence-corrected chi connectivity index (χ2v) is 4.90. The summed E-state index contributed by atoms with van der Waals surface area (Å²) in [6.45, 7) is 1.89.